The zero-order valence-corrected chi connectivity index (χ0v) is 16.0. The first-order chi connectivity index (χ1) is 12.0. The molecule has 9 heteroatoms. The van der Waals surface area contributed by atoms with Gasteiger partial charge < -0.3 is 14.4 Å². The number of para-hydroxylation sites is 1. The van der Waals surface area contributed by atoms with Crippen LogP contribution < -0.4 is 9.26 Å². The molecule has 0 fully saturated rings. The van der Waals surface area contributed by atoms with Gasteiger partial charge in [0.1, 0.15) is 0 Å². The van der Waals surface area contributed by atoms with E-state index in [0.29, 0.717) is 16.9 Å². The Labute approximate surface area is 151 Å². The fraction of sp³-hybridized carbons (Fsp3) is 0.375. The fourth-order valence-electron chi connectivity index (χ4n) is 2.07. The van der Waals surface area contributed by atoms with Gasteiger partial charge in [0, 0.05) is 11.3 Å². The van der Waals surface area contributed by atoms with E-state index >= 15 is 0 Å². The van der Waals surface area contributed by atoms with Gasteiger partial charge in [0.05, 0.1) is 25.5 Å². The van der Waals surface area contributed by atoms with Crippen LogP contribution in [0.15, 0.2) is 30.5 Å². The second-order valence-electron chi connectivity index (χ2n) is 4.90. The lowest BCUT2D eigenvalue weighted by atomic mass is 10.1. The second-order valence-corrected chi connectivity index (χ2v) is 9.02. The number of aromatic nitrogens is 2. The SMILES string of the molecule is CCCSP(=O)(OCC)Oc1c(O)cccc1-c1ccnnc1OC. The molecule has 25 heavy (non-hydrogen) atoms. The van der Waals surface area contributed by atoms with Gasteiger partial charge in [-0.2, -0.15) is 5.10 Å². The summed E-state index contributed by atoms with van der Waals surface area (Å²) in [6.45, 7) is 0.472. The number of phenolic OH excluding ortho intramolecular Hbond substituents is 1. The molecule has 0 bridgehead atoms. The maximum Gasteiger partial charge on any atom is 0.440 e. The number of nitrogens with zero attached hydrogens (tertiary/aromatic N) is 2. The third kappa shape index (κ3) is 4.87. The lowest BCUT2D eigenvalue weighted by Crippen LogP contribution is -1.99. The van der Waals surface area contributed by atoms with E-state index in [-0.39, 0.29) is 24.0 Å². The molecule has 0 amide bonds. The smallest absolute Gasteiger partial charge is 0.440 e. The number of benzene rings is 1. The number of phenols is 1. The third-order valence-electron chi connectivity index (χ3n) is 3.11. The highest BCUT2D eigenvalue weighted by Gasteiger charge is 2.30. The maximum absolute atomic E-state index is 13.0. The molecule has 0 saturated carbocycles. The van der Waals surface area contributed by atoms with Crippen molar-refractivity contribution in [2.75, 3.05) is 19.5 Å². The molecule has 7 nitrogen and oxygen atoms in total. The number of aromatic hydroxyl groups is 1. The van der Waals surface area contributed by atoms with Gasteiger partial charge in [0.2, 0.25) is 5.88 Å². The molecule has 0 radical (unpaired) electrons. The Morgan fingerprint density at radius 2 is 2.04 bits per heavy atom. The molecule has 1 heterocycles. The van der Waals surface area contributed by atoms with E-state index in [1.165, 1.54) is 19.4 Å². The Morgan fingerprint density at radius 3 is 2.72 bits per heavy atom. The summed E-state index contributed by atoms with van der Waals surface area (Å²) in [5.74, 6) is 0.799. The van der Waals surface area contributed by atoms with Crippen molar-refractivity contribution in [3.63, 3.8) is 0 Å². The second kappa shape index (κ2) is 9.08. The Balaban J connectivity index is 2.49. The summed E-state index contributed by atoms with van der Waals surface area (Å²) < 4.78 is 29.3. The molecule has 0 aliphatic heterocycles. The monoisotopic (exact) mass is 384 g/mol. The molecule has 0 saturated heterocycles. The summed E-state index contributed by atoms with van der Waals surface area (Å²) in [7, 11) is 1.47. The van der Waals surface area contributed by atoms with Crippen LogP contribution in [-0.4, -0.2) is 34.8 Å². The molecule has 1 N–H and O–H groups in total. The van der Waals surface area contributed by atoms with Crippen molar-refractivity contribution in [2.24, 2.45) is 0 Å². The first-order valence-corrected chi connectivity index (χ1v) is 10.9. The van der Waals surface area contributed by atoms with E-state index in [1.807, 2.05) is 6.92 Å². The van der Waals surface area contributed by atoms with Gasteiger partial charge in [-0.3, -0.25) is 4.52 Å². The largest absolute Gasteiger partial charge is 0.504 e. The van der Waals surface area contributed by atoms with Crippen molar-refractivity contribution in [2.45, 2.75) is 20.3 Å². The first-order valence-electron chi connectivity index (χ1n) is 7.81. The van der Waals surface area contributed by atoms with Crippen LogP contribution in [0.3, 0.4) is 0 Å². The number of hydrogen-bond donors (Lipinski definition) is 1. The summed E-state index contributed by atoms with van der Waals surface area (Å²) in [5, 5.41) is 18.0. The van der Waals surface area contributed by atoms with E-state index in [1.54, 1.807) is 25.1 Å². The van der Waals surface area contributed by atoms with E-state index < -0.39 is 6.80 Å². The lowest BCUT2D eigenvalue weighted by molar-refractivity contribution is 0.292. The van der Waals surface area contributed by atoms with Crippen molar-refractivity contribution in [3.8, 4) is 28.5 Å². The number of ether oxygens (including phenoxy) is 1. The van der Waals surface area contributed by atoms with Crippen LogP contribution in [-0.2, 0) is 9.09 Å². The van der Waals surface area contributed by atoms with Gasteiger partial charge in [0.25, 0.3) is 0 Å². The Bertz CT molecular complexity index is 759. The summed E-state index contributed by atoms with van der Waals surface area (Å²) in [6, 6.07) is 6.51. The van der Waals surface area contributed by atoms with Crippen LogP contribution in [0.1, 0.15) is 20.3 Å². The Hall–Kier alpha value is -1.76. The van der Waals surface area contributed by atoms with Crippen LogP contribution in [0.25, 0.3) is 11.1 Å². The molecule has 136 valence electrons. The number of rotatable bonds is 9. The molecular weight excluding hydrogens is 363 g/mol. The highest BCUT2D eigenvalue weighted by molar-refractivity contribution is 8.55. The van der Waals surface area contributed by atoms with Crippen LogP contribution in [0.5, 0.6) is 17.4 Å². The molecule has 0 aliphatic carbocycles. The van der Waals surface area contributed by atoms with Crippen LogP contribution in [0.2, 0.25) is 0 Å². The highest BCUT2D eigenvalue weighted by atomic mass is 32.7. The van der Waals surface area contributed by atoms with Gasteiger partial charge in [0.15, 0.2) is 11.5 Å². The van der Waals surface area contributed by atoms with Crippen molar-refractivity contribution in [1.29, 1.82) is 0 Å². The van der Waals surface area contributed by atoms with E-state index in [9.17, 15) is 9.67 Å². The summed E-state index contributed by atoms with van der Waals surface area (Å²) >= 11 is 1.11. The predicted molar refractivity (Wildman–Crippen MR) is 98.3 cm³/mol. The zero-order valence-electron chi connectivity index (χ0n) is 14.3. The fourth-order valence-corrected chi connectivity index (χ4v) is 5.53. The van der Waals surface area contributed by atoms with Gasteiger partial charge in [-0.1, -0.05) is 19.1 Å². The van der Waals surface area contributed by atoms with Crippen LogP contribution in [0, 0.1) is 0 Å². The molecule has 2 rings (SSSR count). The Kier molecular flexibility index (Phi) is 7.11. The minimum Gasteiger partial charge on any atom is -0.504 e. The van der Waals surface area contributed by atoms with E-state index in [4.69, 9.17) is 13.8 Å². The molecular formula is C16H21N2O5PS. The quantitative estimate of drug-likeness (QED) is 0.631. The minimum absolute atomic E-state index is 0.0641. The number of methoxy groups -OCH3 is 1. The van der Waals surface area contributed by atoms with Gasteiger partial charge in [-0.25, -0.2) is 4.57 Å². The summed E-state index contributed by atoms with van der Waals surface area (Å²) in [6.07, 6.45) is 2.32. The first kappa shape index (κ1) is 19.6. The highest BCUT2D eigenvalue weighted by Crippen LogP contribution is 2.62. The van der Waals surface area contributed by atoms with E-state index in [2.05, 4.69) is 10.2 Å². The van der Waals surface area contributed by atoms with Crippen molar-refractivity contribution in [1.82, 2.24) is 10.2 Å². The summed E-state index contributed by atoms with van der Waals surface area (Å²) in [4.78, 5) is 0. The summed E-state index contributed by atoms with van der Waals surface area (Å²) in [5.41, 5.74) is 1.05. The Morgan fingerprint density at radius 1 is 1.24 bits per heavy atom. The average molecular weight is 384 g/mol. The molecule has 1 aromatic heterocycles. The van der Waals surface area contributed by atoms with Crippen LogP contribution >= 0.6 is 18.2 Å². The molecule has 1 unspecified atom stereocenters. The standard InChI is InChI=1S/C16H21N2O5PS/c1-4-11-25-24(20,22-5-2)23-15-12(7-6-8-14(15)19)13-9-10-17-18-16(13)21-3/h6-10,19H,4-5,11H2,1-3H3. The minimum atomic E-state index is -3.48. The molecule has 1 atom stereocenters. The molecule has 0 aliphatic rings. The average Bonchev–Trinajstić information content (AvgIpc) is 2.62. The maximum atomic E-state index is 13.0. The third-order valence-corrected chi connectivity index (χ3v) is 7.03. The van der Waals surface area contributed by atoms with E-state index in [0.717, 1.165) is 17.8 Å². The van der Waals surface area contributed by atoms with Crippen molar-refractivity contribution in [3.05, 3.63) is 30.5 Å². The van der Waals surface area contributed by atoms with Crippen molar-refractivity contribution >= 4 is 18.2 Å². The predicted octanol–water partition coefficient (Wildman–Crippen LogP) is 4.52. The lowest BCUT2D eigenvalue weighted by Gasteiger charge is -2.20. The van der Waals surface area contributed by atoms with Gasteiger partial charge in [-0.05, 0) is 36.9 Å². The normalized spacial score (nSPS) is 13.2. The topological polar surface area (TPSA) is 90.8 Å². The van der Waals surface area contributed by atoms with Gasteiger partial charge in [-0.15, -0.1) is 5.10 Å². The molecule has 2 aromatic rings. The molecule has 0 spiro atoms. The zero-order chi connectivity index (χ0) is 18.3. The van der Waals surface area contributed by atoms with Gasteiger partial charge >= 0.3 is 6.80 Å². The van der Waals surface area contributed by atoms with Crippen molar-refractivity contribution < 1.29 is 23.5 Å². The number of hydrogen-bond acceptors (Lipinski definition) is 8. The van der Waals surface area contributed by atoms with Crippen LogP contribution in [0.4, 0.5) is 0 Å². The molecule has 1 aromatic carbocycles.